The summed E-state index contributed by atoms with van der Waals surface area (Å²) in [5.74, 6) is -1.53. The van der Waals surface area contributed by atoms with E-state index in [0.29, 0.717) is 11.4 Å². The van der Waals surface area contributed by atoms with Gasteiger partial charge in [0.05, 0.1) is 26.1 Å². The Hall–Kier alpha value is -3.06. The smallest absolute Gasteiger partial charge is 0.327 e. The summed E-state index contributed by atoms with van der Waals surface area (Å²) >= 11 is 0.661. The minimum absolute atomic E-state index is 0.0932. The number of carbonyl (C=O) groups is 3. The van der Waals surface area contributed by atoms with Crippen LogP contribution in [0, 0.1) is 0 Å². The summed E-state index contributed by atoms with van der Waals surface area (Å²) in [5.41, 5.74) is 4.26. The van der Waals surface area contributed by atoms with Crippen molar-refractivity contribution in [1.82, 2.24) is 35.2 Å². The molecule has 2 aliphatic rings. The van der Waals surface area contributed by atoms with E-state index in [2.05, 4.69) is 30.7 Å². The maximum absolute atomic E-state index is 13.9. The van der Waals surface area contributed by atoms with Crippen molar-refractivity contribution in [2.75, 3.05) is 25.2 Å². The number of carbonyl (C=O) groups excluding carboxylic acids is 3. The molecule has 2 saturated heterocycles. The number of methoxy groups -OCH3 is 1. The molecule has 0 spiro atoms. The van der Waals surface area contributed by atoms with Gasteiger partial charge in [0, 0.05) is 5.75 Å². The number of amides is 3. The number of rotatable bonds is 12. The molecule has 0 radical (unpaired) electrons. The van der Waals surface area contributed by atoms with Crippen molar-refractivity contribution >= 4 is 53.1 Å². The molecule has 3 amide bonds. The van der Waals surface area contributed by atoms with E-state index in [1.807, 2.05) is 0 Å². The number of hydrogen-bond acceptors (Lipinski definition) is 15. The first-order chi connectivity index (χ1) is 19.6. The van der Waals surface area contributed by atoms with Crippen molar-refractivity contribution in [3.05, 3.63) is 6.33 Å². The van der Waals surface area contributed by atoms with Crippen LogP contribution in [-0.2, 0) is 28.2 Å². The summed E-state index contributed by atoms with van der Waals surface area (Å²) in [7, 11) is 1.38. The maximum Gasteiger partial charge on any atom is 0.327 e. The van der Waals surface area contributed by atoms with Gasteiger partial charge < -0.3 is 40.0 Å². The van der Waals surface area contributed by atoms with Crippen LogP contribution in [-0.4, -0.2) is 103 Å². The number of ether oxygens (including phenoxy) is 3. The van der Waals surface area contributed by atoms with Gasteiger partial charge in [0.15, 0.2) is 17.4 Å². The minimum atomic E-state index is -4.04. The third-order valence-electron chi connectivity index (χ3n) is 6.34. The summed E-state index contributed by atoms with van der Waals surface area (Å²) in [6, 6.07) is -2.80. The number of nitrogens with zero attached hydrogens (tertiary/aromatic N) is 4. The van der Waals surface area contributed by atoms with Crippen LogP contribution in [0.3, 0.4) is 0 Å². The second kappa shape index (κ2) is 12.3. The average Bonchev–Trinajstić information content (AvgIpc) is 3.53. The highest BCUT2D eigenvalue weighted by Gasteiger charge is 2.54. The van der Waals surface area contributed by atoms with Gasteiger partial charge in [0.2, 0.25) is 11.8 Å². The van der Waals surface area contributed by atoms with Crippen LogP contribution in [0.4, 0.5) is 10.7 Å². The number of anilines is 1. The molecule has 2 fully saturated rings. The third-order valence-corrected chi connectivity index (χ3v) is 10.5. The Bertz CT molecular complexity index is 1410. The Morgan fingerprint density at radius 1 is 1.36 bits per heavy atom. The zero-order valence-electron chi connectivity index (χ0n) is 23.3. The molecule has 2 aromatic heterocycles. The average molecular weight is 633 g/mol. The van der Waals surface area contributed by atoms with Crippen molar-refractivity contribution in [3.8, 4) is 5.88 Å². The minimum Gasteiger partial charge on any atom is -0.479 e. The van der Waals surface area contributed by atoms with Gasteiger partial charge in [0.1, 0.15) is 29.9 Å². The molecule has 232 valence electrons. The molecule has 0 aliphatic carbocycles. The van der Waals surface area contributed by atoms with Crippen LogP contribution >= 0.6 is 18.1 Å². The van der Waals surface area contributed by atoms with Gasteiger partial charge in [-0.2, -0.15) is 9.97 Å². The number of urea groups is 1. The van der Waals surface area contributed by atoms with E-state index >= 15 is 0 Å². The molecule has 4 heterocycles. The lowest BCUT2D eigenvalue weighted by Gasteiger charge is -2.27. The monoisotopic (exact) mass is 632 g/mol. The zero-order valence-corrected chi connectivity index (χ0v) is 25.0. The predicted octanol–water partition coefficient (Wildman–Crippen LogP) is -0.578. The highest BCUT2D eigenvalue weighted by atomic mass is 32.7. The van der Waals surface area contributed by atoms with Crippen LogP contribution in [0.2, 0.25) is 0 Å². The number of nitrogens with two attached hydrogens (primary N) is 1. The highest BCUT2D eigenvalue weighted by Crippen LogP contribution is 2.57. The number of fused-ring (bicyclic) bond motifs is 1. The van der Waals surface area contributed by atoms with Gasteiger partial charge in [-0.05, 0) is 27.7 Å². The summed E-state index contributed by atoms with van der Waals surface area (Å²) in [6.45, 7) is 1.48. The highest BCUT2D eigenvalue weighted by molar-refractivity contribution is 8.56. The van der Waals surface area contributed by atoms with Crippen molar-refractivity contribution in [3.63, 3.8) is 0 Å². The Balaban J connectivity index is 1.53. The Morgan fingerprint density at radius 3 is 2.69 bits per heavy atom. The normalized spacial score (nSPS) is 28.0. The quantitative estimate of drug-likeness (QED) is 0.0972. The fourth-order valence-corrected chi connectivity index (χ4v) is 8.12. The molecule has 20 heteroatoms. The molecule has 7 N–H and O–H groups in total. The number of imide groups is 1. The molecule has 42 heavy (non-hydrogen) atoms. The summed E-state index contributed by atoms with van der Waals surface area (Å²) in [5, 5.41) is 29.3. The first-order valence-corrected chi connectivity index (χ1v) is 16.0. The van der Waals surface area contributed by atoms with Gasteiger partial charge in [0.25, 0.3) is 5.91 Å². The Labute approximate surface area is 243 Å². The summed E-state index contributed by atoms with van der Waals surface area (Å²) in [4.78, 5) is 48.2. The number of imidazole rings is 1. The van der Waals surface area contributed by atoms with E-state index in [-0.39, 0.29) is 28.7 Å². The van der Waals surface area contributed by atoms with Gasteiger partial charge >= 0.3 is 18.7 Å². The van der Waals surface area contributed by atoms with Crippen molar-refractivity contribution < 1.29 is 47.9 Å². The topological polar surface area (TPSA) is 251 Å². The molecule has 3 unspecified atom stereocenters. The maximum atomic E-state index is 13.9. The Kier molecular flexibility index (Phi) is 9.31. The molecule has 4 rings (SSSR count). The number of esters is 1. The molecular formula is C22H33N8O10PS. The van der Waals surface area contributed by atoms with Crippen LogP contribution in [0.1, 0.15) is 33.9 Å². The number of aromatic nitrogens is 4. The van der Waals surface area contributed by atoms with E-state index in [1.165, 1.54) is 31.9 Å². The molecule has 0 aromatic carbocycles. The van der Waals surface area contributed by atoms with Gasteiger partial charge in [-0.1, -0.05) is 11.4 Å². The van der Waals surface area contributed by atoms with E-state index in [1.54, 1.807) is 13.8 Å². The lowest BCUT2D eigenvalue weighted by atomic mass is 9.96. The molecule has 18 nitrogen and oxygen atoms in total. The predicted molar refractivity (Wildman–Crippen MR) is 147 cm³/mol. The second-order valence-corrected chi connectivity index (χ2v) is 14.4. The van der Waals surface area contributed by atoms with E-state index < -0.39 is 73.5 Å². The fraction of sp³-hybridized carbons (Fsp3) is 0.636. The van der Waals surface area contributed by atoms with Crippen molar-refractivity contribution in [2.45, 2.75) is 69.9 Å². The number of nitrogen functional groups attached to an aromatic ring is 1. The molecule has 7 atom stereocenters. The molecular weight excluding hydrogens is 599 g/mol. The van der Waals surface area contributed by atoms with Gasteiger partial charge in [-0.25, -0.2) is 14.9 Å². The largest absolute Gasteiger partial charge is 0.479 e. The lowest BCUT2D eigenvalue weighted by Crippen LogP contribution is -2.44. The first-order valence-electron chi connectivity index (χ1n) is 12.7. The zero-order chi connectivity index (χ0) is 31.0. The van der Waals surface area contributed by atoms with Gasteiger partial charge in [-0.3, -0.25) is 24.0 Å². The summed E-state index contributed by atoms with van der Waals surface area (Å²) in [6.07, 6.45) is -3.16. The fourth-order valence-electron chi connectivity index (χ4n) is 4.25. The lowest BCUT2D eigenvalue weighted by molar-refractivity contribution is -0.149. The van der Waals surface area contributed by atoms with E-state index in [0.717, 1.165) is 0 Å². The second-order valence-electron chi connectivity index (χ2n) is 10.1. The van der Waals surface area contributed by atoms with E-state index in [4.69, 9.17) is 24.5 Å². The first kappa shape index (κ1) is 31.9. The number of nitrogens with one attached hydrogen (secondary N) is 3. The molecule has 2 aromatic rings. The molecule has 0 bridgehead atoms. The van der Waals surface area contributed by atoms with Crippen LogP contribution in [0.15, 0.2) is 6.33 Å². The van der Waals surface area contributed by atoms with Crippen molar-refractivity contribution in [2.24, 2.45) is 0 Å². The van der Waals surface area contributed by atoms with Crippen LogP contribution in [0.5, 0.6) is 5.88 Å². The van der Waals surface area contributed by atoms with E-state index in [9.17, 15) is 29.2 Å². The summed E-state index contributed by atoms with van der Waals surface area (Å²) < 4.78 is 37.2. The molecule has 0 saturated carbocycles. The molecule has 2 aliphatic heterocycles. The van der Waals surface area contributed by atoms with Crippen molar-refractivity contribution in [1.29, 1.82) is 0 Å². The van der Waals surface area contributed by atoms with Crippen LogP contribution in [0.25, 0.3) is 11.2 Å². The van der Waals surface area contributed by atoms with Crippen LogP contribution < -0.4 is 26.2 Å². The number of hydrogen-bond donors (Lipinski definition) is 6. The SMILES string of the molecule is COc1nc(N)nc2c1ncn2C1OC(COP(=O)(N[C@H](C)C(=O)OC(C)C)SC[C@H]2NC(=O)NC2=O)[C@@H](O)[C@@]1(C)O. The standard InChI is InChI=1S/C22H33N8O10PS/c1-9(2)39-18(33)10(3)29-41(36,42-7-11-16(32)27-21(34)25-11)38-6-12-14(31)22(4,35)19(40-12)30-8-24-13-15(30)26-20(23)28-17(13)37-5/h8-12,14,19,31,35H,6-7H2,1-5H3,(H,29,36)(H2,23,26,28)(H2,25,27,32,34)/t10-,11-,12?,14-,19?,22-,41?/m1/s1. The number of aliphatic hydroxyl groups is 2. The van der Waals surface area contributed by atoms with Gasteiger partial charge in [-0.15, -0.1) is 0 Å². The number of aliphatic hydroxyl groups excluding tert-OH is 1. The third kappa shape index (κ3) is 6.61. The Morgan fingerprint density at radius 2 is 2.07 bits per heavy atom.